The lowest BCUT2D eigenvalue weighted by molar-refractivity contribution is -0.385. The molecule has 0 bridgehead atoms. The average Bonchev–Trinajstić information content (AvgIpc) is 2.79. The van der Waals surface area contributed by atoms with Crippen molar-refractivity contribution in [3.63, 3.8) is 0 Å². The van der Waals surface area contributed by atoms with E-state index in [4.69, 9.17) is 12.2 Å². The van der Waals surface area contributed by atoms with E-state index >= 15 is 0 Å². The highest BCUT2D eigenvalue weighted by molar-refractivity contribution is 9.10. The Kier molecular flexibility index (Phi) is 8.04. The third-order valence-electron chi connectivity index (χ3n) is 4.75. The van der Waals surface area contributed by atoms with Gasteiger partial charge in [0.05, 0.1) is 21.9 Å². The summed E-state index contributed by atoms with van der Waals surface area (Å²) in [6.45, 7) is 3.61. The first-order valence-corrected chi connectivity index (χ1v) is 12.7. The number of carbonyl (C=O) groups excluding carboxylic acids is 1. The lowest BCUT2D eigenvalue weighted by Gasteiger charge is -2.17. The summed E-state index contributed by atoms with van der Waals surface area (Å²) < 4.78 is 29.4. The zero-order valence-electron chi connectivity index (χ0n) is 18.5. The number of halogens is 1. The van der Waals surface area contributed by atoms with Gasteiger partial charge in [0.25, 0.3) is 21.6 Å². The van der Waals surface area contributed by atoms with Gasteiger partial charge in [-0.3, -0.25) is 35.8 Å². The fourth-order valence-corrected chi connectivity index (χ4v) is 4.97. The summed E-state index contributed by atoms with van der Waals surface area (Å²) in [5.74, 6) is -0.496. The second kappa shape index (κ2) is 10.8. The number of hydrogen-bond acceptors (Lipinski definition) is 7. The molecule has 13 heteroatoms. The molecule has 0 atom stereocenters. The van der Waals surface area contributed by atoms with Crippen molar-refractivity contribution in [3.8, 4) is 0 Å². The summed E-state index contributed by atoms with van der Waals surface area (Å²) in [4.78, 5) is 22.6. The van der Waals surface area contributed by atoms with Gasteiger partial charge in [0.15, 0.2) is 5.11 Å². The second-order valence-electron chi connectivity index (χ2n) is 7.37. The molecular formula is C22H20BrN5O5S2. The number of aryl methyl sites for hydroxylation is 2. The number of anilines is 2. The molecule has 0 aliphatic rings. The summed E-state index contributed by atoms with van der Waals surface area (Å²) in [5.41, 5.74) is 7.01. The van der Waals surface area contributed by atoms with E-state index in [9.17, 15) is 23.3 Å². The molecule has 3 aromatic rings. The number of carbonyl (C=O) groups is 1. The van der Waals surface area contributed by atoms with Crippen LogP contribution in [0.3, 0.4) is 0 Å². The lowest BCUT2D eigenvalue weighted by Crippen LogP contribution is -2.42. The number of sulfonamides is 1. The zero-order valence-corrected chi connectivity index (χ0v) is 21.7. The minimum atomic E-state index is -4.25. The van der Waals surface area contributed by atoms with Crippen molar-refractivity contribution in [2.45, 2.75) is 18.7 Å². The van der Waals surface area contributed by atoms with E-state index in [1.165, 1.54) is 6.07 Å². The van der Waals surface area contributed by atoms with Crippen LogP contribution in [0.1, 0.15) is 21.5 Å². The number of nitro groups is 1. The molecule has 0 aliphatic carbocycles. The highest BCUT2D eigenvalue weighted by Crippen LogP contribution is 2.29. The number of hydrogen-bond donors (Lipinski definition) is 4. The second-order valence-corrected chi connectivity index (χ2v) is 10.3. The molecule has 0 spiro atoms. The van der Waals surface area contributed by atoms with Crippen molar-refractivity contribution in [3.05, 3.63) is 91.9 Å². The summed E-state index contributed by atoms with van der Waals surface area (Å²) >= 11 is 8.40. The predicted molar refractivity (Wildman–Crippen MR) is 141 cm³/mol. The van der Waals surface area contributed by atoms with Crippen molar-refractivity contribution < 1.29 is 18.1 Å². The molecule has 0 aliphatic heterocycles. The minimum absolute atomic E-state index is 0.0228. The molecule has 4 N–H and O–H groups in total. The van der Waals surface area contributed by atoms with Gasteiger partial charge in [-0.2, -0.15) is 0 Å². The van der Waals surface area contributed by atoms with Gasteiger partial charge in [-0.25, -0.2) is 8.42 Å². The Hall–Kier alpha value is -3.55. The molecular weight excluding hydrogens is 558 g/mol. The number of nitro benzene ring substituents is 1. The largest absolute Gasteiger partial charge is 0.298 e. The first kappa shape index (κ1) is 26.1. The molecule has 182 valence electrons. The Bertz CT molecular complexity index is 1430. The number of thiocarbonyl (C=S) groups is 1. The number of rotatable bonds is 7. The Labute approximate surface area is 215 Å². The first-order chi connectivity index (χ1) is 16.5. The van der Waals surface area contributed by atoms with Crippen LogP contribution in [0.25, 0.3) is 0 Å². The minimum Gasteiger partial charge on any atom is -0.298 e. The van der Waals surface area contributed by atoms with E-state index in [1.807, 2.05) is 6.92 Å². The van der Waals surface area contributed by atoms with E-state index in [0.717, 1.165) is 17.7 Å². The smallest absolute Gasteiger partial charge is 0.270 e. The maximum absolute atomic E-state index is 13.2. The number of hydrazine groups is 1. The quantitative estimate of drug-likeness (QED) is 0.184. The van der Waals surface area contributed by atoms with Crippen LogP contribution in [0.2, 0.25) is 0 Å². The number of amides is 1. The van der Waals surface area contributed by atoms with Crippen LogP contribution >= 0.6 is 28.1 Å². The summed E-state index contributed by atoms with van der Waals surface area (Å²) in [5, 5.41) is 13.6. The Balaban J connectivity index is 1.83. The average molecular weight is 578 g/mol. The molecule has 0 heterocycles. The van der Waals surface area contributed by atoms with E-state index in [1.54, 1.807) is 49.4 Å². The normalized spacial score (nSPS) is 10.8. The van der Waals surface area contributed by atoms with Gasteiger partial charge in [-0.05, 0) is 71.8 Å². The van der Waals surface area contributed by atoms with Crippen molar-refractivity contribution in [1.29, 1.82) is 0 Å². The molecule has 0 aromatic heterocycles. The molecule has 0 saturated heterocycles. The fraction of sp³-hybridized carbons (Fsp3) is 0.0909. The Morgan fingerprint density at radius 1 is 1.03 bits per heavy atom. The van der Waals surface area contributed by atoms with Crippen LogP contribution in [0.5, 0.6) is 0 Å². The molecule has 0 unspecified atom stereocenters. The zero-order chi connectivity index (χ0) is 25.8. The van der Waals surface area contributed by atoms with Gasteiger partial charge < -0.3 is 0 Å². The number of nitrogens with zero attached hydrogens (tertiary/aromatic N) is 1. The summed E-state index contributed by atoms with van der Waals surface area (Å²) in [7, 11) is -4.25. The van der Waals surface area contributed by atoms with E-state index in [0.29, 0.717) is 21.3 Å². The monoisotopic (exact) mass is 577 g/mol. The van der Waals surface area contributed by atoms with Crippen molar-refractivity contribution in [2.24, 2.45) is 0 Å². The van der Waals surface area contributed by atoms with E-state index < -0.39 is 26.5 Å². The molecule has 0 radical (unpaired) electrons. The summed E-state index contributed by atoms with van der Waals surface area (Å²) in [6, 6.07) is 15.2. The highest BCUT2D eigenvalue weighted by Gasteiger charge is 2.23. The lowest BCUT2D eigenvalue weighted by atomic mass is 10.1. The van der Waals surface area contributed by atoms with Crippen molar-refractivity contribution in [1.82, 2.24) is 10.7 Å². The molecule has 0 saturated carbocycles. The summed E-state index contributed by atoms with van der Waals surface area (Å²) in [6.07, 6.45) is 0. The maximum Gasteiger partial charge on any atom is 0.270 e. The van der Waals surface area contributed by atoms with Crippen LogP contribution in [0, 0.1) is 24.0 Å². The van der Waals surface area contributed by atoms with Crippen LogP contribution < -0.4 is 20.9 Å². The van der Waals surface area contributed by atoms with Gasteiger partial charge in [-0.15, -0.1) is 0 Å². The van der Waals surface area contributed by atoms with Crippen LogP contribution in [0.15, 0.2) is 70.0 Å². The Morgan fingerprint density at radius 2 is 1.71 bits per heavy atom. The van der Waals surface area contributed by atoms with Crippen molar-refractivity contribution >= 4 is 66.3 Å². The maximum atomic E-state index is 13.2. The standard InChI is InChI=1S/C22H20BrN5O5S2/c1-13-7-9-18(14(2)11-13)27-35(32,33)20-12-15(28(30)31)8-10-19(20)25-26-22(34)24-21(29)16-5-3-4-6-17(16)23/h3-12,25,27H,1-2H3,(H2,24,26,29,34). The van der Waals surface area contributed by atoms with Gasteiger partial charge in [0.2, 0.25) is 0 Å². The molecule has 35 heavy (non-hydrogen) atoms. The molecule has 1 amide bonds. The van der Waals surface area contributed by atoms with Crippen LogP contribution in [-0.2, 0) is 10.0 Å². The number of non-ortho nitro benzene ring substituents is 1. The van der Waals surface area contributed by atoms with Gasteiger partial charge in [-0.1, -0.05) is 29.8 Å². The predicted octanol–water partition coefficient (Wildman–Crippen LogP) is 4.41. The number of nitrogens with one attached hydrogen (secondary N) is 4. The molecule has 3 rings (SSSR count). The van der Waals surface area contributed by atoms with E-state index in [-0.39, 0.29) is 15.7 Å². The highest BCUT2D eigenvalue weighted by atomic mass is 79.9. The van der Waals surface area contributed by atoms with Crippen LogP contribution in [0.4, 0.5) is 17.1 Å². The first-order valence-electron chi connectivity index (χ1n) is 9.98. The topological polar surface area (TPSA) is 142 Å². The third-order valence-corrected chi connectivity index (χ3v) is 7.05. The Morgan fingerprint density at radius 3 is 2.37 bits per heavy atom. The SMILES string of the molecule is Cc1ccc(NS(=O)(=O)c2cc([N+](=O)[O-])ccc2NNC(=S)NC(=O)c2ccccc2Br)c(C)c1. The van der Waals surface area contributed by atoms with Gasteiger partial charge in [0, 0.05) is 16.6 Å². The van der Waals surface area contributed by atoms with Crippen LogP contribution in [-0.4, -0.2) is 24.4 Å². The number of benzene rings is 3. The van der Waals surface area contributed by atoms with Gasteiger partial charge in [0.1, 0.15) is 4.90 Å². The molecule has 3 aromatic carbocycles. The van der Waals surface area contributed by atoms with E-state index in [2.05, 4.69) is 36.8 Å². The van der Waals surface area contributed by atoms with Gasteiger partial charge >= 0.3 is 0 Å². The third kappa shape index (κ3) is 6.53. The molecule has 0 fully saturated rings. The van der Waals surface area contributed by atoms with Crippen molar-refractivity contribution in [2.75, 3.05) is 10.1 Å². The fourth-order valence-electron chi connectivity index (χ4n) is 3.05. The molecule has 10 nitrogen and oxygen atoms in total.